The Bertz CT molecular complexity index is 1130. The van der Waals surface area contributed by atoms with E-state index in [9.17, 15) is 14.7 Å². The highest BCUT2D eigenvalue weighted by Crippen LogP contribution is 2.39. The van der Waals surface area contributed by atoms with Crippen molar-refractivity contribution in [1.82, 2.24) is 0 Å². The lowest BCUT2D eigenvalue weighted by Gasteiger charge is -2.23. The highest BCUT2D eigenvalue weighted by Gasteiger charge is 2.23. The number of hydrogen-bond donors (Lipinski definition) is 1. The minimum absolute atomic E-state index is 0.0292. The molecule has 0 aromatic heterocycles. The first-order chi connectivity index (χ1) is 15.6. The Kier molecular flexibility index (Phi) is 6.69. The van der Waals surface area contributed by atoms with E-state index in [2.05, 4.69) is 6.92 Å². The van der Waals surface area contributed by atoms with Gasteiger partial charge in [-0.2, -0.15) is 0 Å². The third kappa shape index (κ3) is 4.45. The summed E-state index contributed by atoms with van der Waals surface area (Å²) >= 11 is 0. The van der Waals surface area contributed by atoms with Gasteiger partial charge in [-0.05, 0) is 72.1 Å². The topological polar surface area (TPSA) is 63.6 Å². The van der Waals surface area contributed by atoms with E-state index in [1.807, 2.05) is 48.5 Å². The van der Waals surface area contributed by atoms with Crippen molar-refractivity contribution in [3.63, 3.8) is 0 Å². The summed E-state index contributed by atoms with van der Waals surface area (Å²) in [7, 11) is 0. The summed E-state index contributed by atoms with van der Waals surface area (Å²) in [6, 6.07) is 20.4. The highest BCUT2D eigenvalue weighted by atomic mass is 16.5. The predicted molar refractivity (Wildman–Crippen MR) is 126 cm³/mol. The molecule has 3 aromatic carbocycles. The number of ether oxygens (including phenoxy) is 1. The van der Waals surface area contributed by atoms with Crippen LogP contribution in [0.5, 0.6) is 0 Å². The number of esters is 1. The van der Waals surface area contributed by atoms with Crippen molar-refractivity contribution in [2.45, 2.75) is 51.6 Å². The van der Waals surface area contributed by atoms with E-state index >= 15 is 0 Å². The molecule has 32 heavy (non-hydrogen) atoms. The fourth-order valence-corrected chi connectivity index (χ4v) is 4.62. The Balaban J connectivity index is 1.84. The molecule has 0 saturated heterocycles. The van der Waals surface area contributed by atoms with Crippen LogP contribution in [0, 0.1) is 0 Å². The lowest BCUT2D eigenvalue weighted by molar-refractivity contribution is 0.0212. The summed E-state index contributed by atoms with van der Waals surface area (Å²) in [6.45, 7) is 2.05. The largest absolute Gasteiger partial charge is 0.478 e. The molecule has 0 atom stereocenters. The van der Waals surface area contributed by atoms with Crippen molar-refractivity contribution < 1.29 is 19.4 Å². The molecular formula is C28H28O4. The first-order valence-corrected chi connectivity index (χ1v) is 11.3. The summed E-state index contributed by atoms with van der Waals surface area (Å²) in [6.07, 6.45) is 5.92. The highest BCUT2D eigenvalue weighted by molar-refractivity contribution is 6.03. The molecule has 4 nitrogen and oxygen atoms in total. The van der Waals surface area contributed by atoms with Gasteiger partial charge in [-0.3, -0.25) is 0 Å². The first kappa shape index (κ1) is 21.8. The number of carboxylic acids is 1. The summed E-state index contributed by atoms with van der Waals surface area (Å²) in [5, 5.41) is 9.80. The molecule has 0 spiro atoms. The Morgan fingerprint density at radius 3 is 2.12 bits per heavy atom. The quantitative estimate of drug-likeness (QED) is 0.440. The van der Waals surface area contributed by atoms with Crippen LogP contribution in [0.15, 0.2) is 66.7 Å². The smallest absolute Gasteiger partial charge is 0.339 e. The van der Waals surface area contributed by atoms with Crippen molar-refractivity contribution >= 4 is 11.9 Å². The van der Waals surface area contributed by atoms with Gasteiger partial charge in [-0.15, -0.1) is 0 Å². The van der Waals surface area contributed by atoms with Crippen LogP contribution in [0.2, 0.25) is 0 Å². The van der Waals surface area contributed by atoms with E-state index in [0.29, 0.717) is 11.1 Å². The molecular weight excluding hydrogens is 400 g/mol. The lowest BCUT2D eigenvalue weighted by atomic mass is 9.86. The molecule has 0 heterocycles. The van der Waals surface area contributed by atoms with E-state index < -0.39 is 5.97 Å². The van der Waals surface area contributed by atoms with Gasteiger partial charge in [-0.25, -0.2) is 9.59 Å². The van der Waals surface area contributed by atoms with Crippen molar-refractivity contribution in [3.8, 4) is 22.3 Å². The monoisotopic (exact) mass is 428 g/mol. The number of aryl methyl sites for hydroxylation is 1. The Hall–Kier alpha value is -3.40. The van der Waals surface area contributed by atoms with Crippen LogP contribution in [-0.2, 0) is 11.2 Å². The number of rotatable bonds is 6. The normalized spacial score (nSPS) is 14.2. The maximum absolute atomic E-state index is 13.2. The third-order valence-electron chi connectivity index (χ3n) is 6.22. The summed E-state index contributed by atoms with van der Waals surface area (Å²) in [5.74, 6) is -1.28. The van der Waals surface area contributed by atoms with E-state index in [-0.39, 0.29) is 17.6 Å². The van der Waals surface area contributed by atoms with E-state index in [1.165, 1.54) is 6.42 Å². The number of carbonyl (C=O) groups excluding carboxylic acids is 1. The van der Waals surface area contributed by atoms with E-state index in [1.54, 1.807) is 18.2 Å². The molecule has 1 fully saturated rings. The molecule has 0 radical (unpaired) electrons. The van der Waals surface area contributed by atoms with Crippen molar-refractivity contribution in [1.29, 1.82) is 0 Å². The number of benzene rings is 3. The molecule has 1 N–H and O–H groups in total. The molecule has 4 heteroatoms. The molecule has 0 bridgehead atoms. The zero-order valence-electron chi connectivity index (χ0n) is 18.3. The maximum Gasteiger partial charge on any atom is 0.339 e. The fraction of sp³-hybridized carbons (Fsp3) is 0.286. The van der Waals surface area contributed by atoms with Crippen molar-refractivity contribution in [2.24, 2.45) is 0 Å². The first-order valence-electron chi connectivity index (χ1n) is 11.3. The van der Waals surface area contributed by atoms with Gasteiger partial charge in [0.05, 0.1) is 11.1 Å². The Labute approximate surface area is 188 Å². The van der Waals surface area contributed by atoms with Gasteiger partial charge in [0, 0.05) is 0 Å². The molecule has 164 valence electrons. The summed E-state index contributed by atoms with van der Waals surface area (Å²) in [4.78, 5) is 25.1. The fourth-order valence-electron chi connectivity index (χ4n) is 4.62. The predicted octanol–water partition coefficient (Wildman–Crippen LogP) is 6.77. The molecule has 0 amide bonds. The van der Waals surface area contributed by atoms with Crippen LogP contribution in [0.1, 0.15) is 65.3 Å². The van der Waals surface area contributed by atoms with Gasteiger partial charge in [0.25, 0.3) is 0 Å². The van der Waals surface area contributed by atoms with Crippen LogP contribution >= 0.6 is 0 Å². The molecule has 0 unspecified atom stereocenters. The second kappa shape index (κ2) is 9.82. The zero-order chi connectivity index (χ0) is 22.5. The lowest BCUT2D eigenvalue weighted by Crippen LogP contribution is -2.21. The van der Waals surface area contributed by atoms with Gasteiger partial charge in [-0.1, -0.05) is 67.9 Å². The second-order valence-corrected chi connectivity index (χ2v) is 8.25. The molecule has 1 saturated carbocycles. The Morgan fingerprint density at radius 1 is 0.812 bits per heavy atom. The zero-order valence-corrected chi connectivity index (χ0v) is 18.3. The summed E-state index contributed by atoms with van der Waals surface area (Å²) < 4.78 is 5.87. The Morgan fingerprint density at radius 2 is 1.44 bits per heavy atom. The molecule has 1 aliphatic carbocycles. The SMILES string of the molecule is CCc1cccc(-c2ccccc2C(=O)OC2CCCCC2)c1-c1ccccc1C(=O)O. The second-order valence-electron chi connectivity index (χ2n) is 8.25. The number of carboxylic acid groups (broad SMARTS) is 1. The van der Waals surface area contributed by atoms with Crippen LogP contribution in [0.4, 0.5) is 0 Å². The molecule has 0 aliphatic heterocycles. The number of aromatic carboxylic acids is 1. The molecule has 3 aromatic rings. The summed E-state index contributed by atoms with van der Waals surface area (Å²) in [5.41, 5.74) is 4.91. The van der Waals surface area contributed by atoms with Gasteiger partial charge in [0.1, 0.15) is 6.10 Å². The van der Waals surface area contributed by atoms with E-state index in [4.69, 9.17) is 4.74 Å². The van der Waals surface area contributed by atoms with Gasteiger partial charge in [0.15, 0.2) is 0 Å². The third-order valence-corrected chi connectivity index (χ3v) is 6.22. The van der Waals surface area contributed by atoms with Crippen molar-refractivity contribution in [3.05, 3.63) is 83.4 Å². The van der Waals surface area contributed by atoms with E-state index in [0.717, 1.165) is 54.4 Å². The molecule has 1 aliphatic rings. The van der Waals surface area contributed by atoms with Crippen LogP contribution in [0.3, 0.4) is 0 Å². The maximum atomic E-state index is 13.2. The minimum atomic E-state index is -0.970. The average Bonchev–Trinajstić information content (AvgIpc) is 2.84. The van der Waals surface area contributed by atoms with Gasteiger partial charge >= 0.3 is 11.9 Å². The van der Waals surface area contributed by atoms with Crippen LogP contribution in [-0.4, -0.2) is 23.1 Å². The van der Waals surface area contributed by atoms with Gasteiger partial charge in [0.2, 0.25) is 0 Å². The minimum Gasteiger partial charge on any atom is -0.478 e. The van der Waals surface area contributed by atoms with Crippen molar-refractivity contribution in [2.75, 3.05) is 0 Å². The molecule has 4 rings (SSSR count). The standard InChI is InChI=1S/C28H28O4/c1-2-19-11-10-18-22(26(19)23-15-7-8-16-24(23)27(29)30)21-14-6-9-17-25(21)28(31)32-20-12-4-3-5-13-20/h6-11,14-18,20H,2-5,12-13H2,1H3,(H,29,30). The number of hydrogen-bond acceptors (Lipinski definition) is 3. The van der Waals surface area contributed by atoms with Gasteiger partial charge < -0.3 is 9.84 Å². The average molecular weight is 429 g/mol. The van der Waals surface area contributed by atoms with Crippen LogP contribution in [0.25, 0.3) is 22.3 Å². The number of carbonyl (C=O) groups is 2. The van der Waals surface area contributed by atoms with Crippen LogP contribution < -0.4 is 0 Å².